The van der Waals surface area contributed by atoms with E-state index in [9.17, 15) is 0 Å². The number of hydrogen-bond donors (Lipinski definition) is 1. The molecule has 1 aliphatic heterocycles. The average Bonchev–Trinajstić information content (AvgIpc) is 2.91. The first-order valence-corrected chi connectivity index (χ1v) is 8.25. The molecular weight excluding hydrogens is 220 g/mol. The third-order valence-corrected chi connectivity index (χ3v) is 5.63. The molecule has 0 spiro atoms. The van der Waals surface area contributed by atoms with Crippen molar-refractivity contribution >= 4 is 0 Å². The van der Waals surface area contributed by atoms with Gasteiger partial charge in [-0.1, -0.05) is 46.0 Å². The second-order valence-electron chi connectivity index (χ2n) is 6.46. The van der Waals surface area contributed by atoms with E-state index < -0.39 is 0 Å². The molecule has 0 aromatic heterocycles. The molecule has 0 aromatic rings. The van der Waals surface area contributed by atoms with E-state index in [2.05, 4.69) is 18.7 Å². The fraction of sp³-hybridized carbons (Fsp3) is 1.00. The third kappa shape index (κ3) is 2.60. The maximum atomic E-state index is 6.77. The van der Waals surface area contributed by atoms with Gasteiger partial charge in [0.25, 0.3) is 0 Å². The quantitative estimate of drug-likeness (QED) is 0.811. The van der Waals surface area contributed by atoms with E-state index in [4.69, 9.17) is 5.73 Å². The van der Waals surface area contributed by atoms with Crippen LogP contribution in [-0.4, -0.2) is 29.6 Å². The maximum absolute atomic E-state index is 6.77. The van der Waals surface area contributed by atoms with E-state index in [0.29, 0.717) is 17.5 Å². The van der Waals surface area contributed by atoms with E-state index in [-0.39, 0.29) is 0 Å². The van der Waals surface area contributed by atoms with Gasteiger partial charge in [0, 0.05) is 11.6 Å². The number of rotatable bonds is 5. The van der Waals surface area contributed by atoms with Crippen LogP contribution in [0.2, 0.25) is 0 Å². The molecule has 1 unspecified atom stereocenters. The zero-order valence-corrected chi connectivity index (χ0v) is 12.5. The molecule has 0 radical (unpaired) electrons. The summed E-state index contributed by atoms with van der Waals surface area (Å²) in [7, 11) is 0. The summed E-state index contributed by atoms with van der Waals surface area (Å²) in [6.07, 6.45) is 12.2. The highest BCUT2D eigenvalue weighted by Crippen LogP contribution is 2.41. The van der Waals surface area contributed by atoms with Gasteiger partial charge < -0.3 is 5.73 Å². The first-order chi connectivity index (χ1) is 8.74. The number of piperidine rings is 1. The van der Waals surface area contributed by atoms with Crippen molar-refractivity contribution in [2.75, 3.05) is 13.1 Å². The van der Waals surface area contributed by atoms with Crippen LogP contribution in [0.25, 0.3) is 0 Å². The number of hydrogen-bond acceptors (Lipinski definition) is 2. The molecule has 2 nitrogen and oxygen atoms in total. The molecule has 106 valence electrons. The maximum Gasteiger partial charge on any atom is 0.0363 e. The van der Waals surface area contributed by atoms with Gasteiger partial charge in [0.2, 0.25) is 0 Å². The van der Waals surface area contributed by atoms with E-state index >= 15 is 0 Å². The minimum atomic E-state index is 0.358. The van der Waals surface area contributed by atoms with Gasteiger partial charge in [-0.05, 0) is 44.7 Å². The third-order valence-electron chi connectivity index (χ3n) is 5.63. The Morgan fingerprint density at radius 2 is 1.50 bits per heavy atom. The number of nitrogens with two attached hydrogens (primary N) is 1. The van der Waals surface area contributed by atoms with Crippen molar-refractivity contribution in [3.05, 3.63) is 0 Å². The molecule has 2 aliphatic rings. The second kappa shape index (κ2) is 6.38. The topological polar surface area (TPSA) is 29.3 Å². The Kier molecular flexibility index (Phi) is 5.08. The highest BCUT2D eigenvalue weighted by Gasteiger charge is 2.46. The van der Waals surface area contributed by atoms with Crippen molar-refractivity contribution < 1.29 is 0 Å². The Morgan fingerprint density at radius 3 is 2.00 bits per heavy atom. The first kappa shape index (κ1) is 14.3. The molecule has 18 heavy (non-hydrogen) atoms. The molecule has 1 atom stereocenters. The van der Waals surface area contributed by atoms with Crippen LogP contribution in [0.3, 0.4) is 0 Å². The molecule has 1 heterocycles. The summed E-state index contributed by atoms with van der Waals surface area (Å²) in [5.41, 5.74) is 7.13. The van der Waals surface area contributed by atoms with Crippen LogP contribution in [0.5, 0.6) is 0 Å². The van der Waals surface area contributed by atoms with Crippen molar-refractivity contribution in [2.45, 2.75) is 83.2 Å². The minimum absolute atomic E-state index is 0.358. The molecule has 1 aliphatic carbocycles. The van der Waals surface area contributed by atoms with Crippen LogP contribution in [-0.2, 0) is 0 Å². The summed E-state index contributed by atoms with van der Waals surface area (Å²) >= 11 is 0. The Morgan fingerprint density at radius 1 is 0.944 bits per heavy atom. The standard InChI is InChI=1S/C16H32N2/c1-3-14(4-2)15(17)16(10-6-7-11-16)18-12-8-5-9-13-18/h14-15H,3-13,17H2,1-2H3. The van der Waals surface area contributed by atoms with Crippen molar-refractivity contribution in [1.29, 1.82) is 0 Å². The Bertz CT molecular complexity index is 235. The normalized spacial score (nSPS) is 26.7. The van der Waals surface area contributed by atoms with Crippen LogP contribution < -0.4 is 5.73 Å². The van der Waals surface area contributed by atoms with Crippen LogP contribution in [0.4, 0.5) is 0 Å². The van der Waals surface area contributed by atoms with Gasteiger partial charge in [0.05, 0.1) is 0 Å². The fourth-order valence-corrected chi connectivity index (χ4v) is 4.42. The number of likely N-dealkylation sites (tertiary alicyclic amines) is 1. The van der Waals surface area contributed by atoms with Crippen LogP contribution >= 0.6 is 0 Å². The predicted molar refractivity (Wildman–Crippen MR) is 78.7 cm³/mol. The van der Waals surface area contributed by atoms with Crippen LogP contribution in [0, 0.1) is 5.92 Å². The van der Waals surface area contributed by atoms with Crippen LogP contribution in [0.15, 0.2) is 0 Å². The van der Waals surface area contributed by atoms with Crippen LogP contribution in [0.1, 0.15) is 71.6 Å². The van der Waals surface area contributed by atoms with Crippen molar-refractivity contribution in [1.82, 2.24) is 4.90 Å². The second-order valence-corrected chi connectivity index (χ2v) is 6.46. The molecule has 2 fully saturated rings. The van der Waals surface area contributed by atoms with Gasteiger partial charge in [-0.2, -0.15) is 0 Å². The largest absolute Gasteiger partial charge is 0.326 e. The van der Waals surface area contributed by atoms with E-state index in [1.165, 1.54) is 70.9 Å². The van der Waals surface area contributed by atoms with Gasteiger partial charge in [-0.25, -0.2) is 0 Å². The molecule has 0 amide bonds. The summed E-state index contributed by atoms with van der Waals surface area (Å²) in [6.45, 7) is 7.22. The Balaban J connectivity index is 2.14. The minimum Gasteiger partial charge on any atom is -0.326 e. The molecule has 1 saturated carbocycles. The Hall–Kier alpha value is -0.0800. The van der Waals surface area contributed by atoms with Crippen molar-refractivity contribution in [3.63, 3.8) is 0 Å². The monoisotopic (exact) mass is 252 g/mol. The van der Waals surface area contributed by atoms with Gasteiger partial charge in [-0.15, -0.1) is 0 Å². The molecule has 2 heteroatoms. The lowest BCUT2D eigenvalue weighted by atomic mass is 9.76. The summed E-state index contributed by atoms with van der Waals surface area (Å²) in [5, 5.41) is 0. The van der Waals surface area contributed by atoms with Gasteiger partial charge in [0.1, 0.15) is 0 Å². The lowest BCUT2D eigenvalue weighted by Gasteiger charge is -2.49. The van der Waals surface area contributed by atoms with E-state index in [1.807, 2.05) is 0 Å². The molecule has 0 aromatic carbocycles. The average molecular weight is 252 g/mol. The summed E-state index contributed by atoms with van der Waals surface area (Å²) in [6, 6.07) is 0.396. The number of nitrogens with zero attached hydrogens (tertiary/aromatic N) is 1. The zero-order valence-electron chi connectivity index (χ0n) is 12.5. The molecule has 0 bridgehead atoms. The summed E-state index contributed by atoms with van der Waals surface area (Å²) < 4.78 is 0. The highest BCUT2D eigenvalue weighted by molar-refractivity contribution is 5.04. The van der Waals surface area contributed by atoms with Gasteiger partial charge in [0.15, 0.2) is 0 Å². The Labute approximate surface area is 113 Å². The first-order valence-electron chi connectivity index (χ1n) is 8.25. The van der Waals surface area contributed by atoms with Gasteiger partial charge in [-0.3, -0.25) is 4.90 Å². The van der Waals surface area contributed by atoms with E-state index in [0.717, 1.165) is 0 Å². The summed E-state index contributed by atoms with van der Waals surface area (Å²) in [4.78, 5) is 2.78. The molecule has 1 saturated heterocycles. The SMILES string of the molecule is CCC(CC)C(N)C1(N2CCCCC2)CCCC1. The molecular formula is C16H32N2. The van der Waals surface area contributed by atoms with Gasteiger partial charge >= 0.3 is 0 Å². The summed E-state index contributed by atoms with van der Waals surface area (Å²) in [5.74, 6) is 0.713. The fourth-order valence-electron chi connectivity index (χ4n) is 4.42. The predicted octanol–water partition coefficient (Wildman–Crippen LogP) is 3.55. The zero-order chi connectivity index (χ0) is 13.0. The molecule has 2 N–H and O–H groups in total. The lowest BCUT2D eigenvalue weighted by molar-refractivity contribution is 0.0290. The van der Waals surface area contributed by atoms with E-state index in [1.54, 1.807) is 0 Å². The molecule has 2 rings (SSSR count). The smallest absolute Gasteiger partial charge is 0.0363 e. The van der Waals surface area contributed by atoms with Crippen molar-refractivity contribution in [2.24, 2.45) is 11.7 Å². The van der Waals surface area contributed by atoms with Crippen molar-refractivity contribution in [3.8, 4) is 0 Å². The highest BCUT2D eigenvalue weighted by atomic mass is 15.2. The lowest BCUT2D eigenvalue weighted by Crippen LogP contribution is -2.62.